The smallest absolute Gasteiger partial charge is 0.414 e. The van der Waals surface area contributed by atoms with Crippen LogP contribution in [0.1, 0.15) is 40.6 Å². The van der Waals surface area contributed by atoms with Gasteiger partial charge in [-0.2, -0.15) is 0 Å². The van der Waals surface area contributed by atoms with Gasteiger partial charge in [-0.1, -0.05) is 6.07 Å². The van der Waals surface area contributed by atoms with Crippen molar-refractivity contribution in [2.75, 3.05) is 18.0 Å². The lowest BCUT2D eigenvalue weighted by Gasteiger charge is -2.16. The van der Waals surface area contributed by atoms with E-state index in [9.17, 15) is 19.2 Å². The first kappa shape index (κ1) is 21.2. The average molecular weight is 441 g/mol. The summed E-state index contributed by atoms with van der Waals surface area (Å²) in [6.07, 6.45) is 1.35. The maximum atomic E-state index is 13.1. The molecule has 31 heavy (non-hydrogen) atoms. The van der Waals surface area contributed by atoms with Crippen molar-refractivity contribution in [3.63, 3.8) is 0 Å². The number of carbonyl (C=O) groups is 4. The zero-order valence-electron chi connectivity index (χ0n) is 17.3. The fraction of sp³-hybridized carbons (Fsp3) is 0.391. The van der Waals surface area contributed by atoms with Crippen molar-refractivity contribution in [3.8, 4) is 0 Å². The largest absolute Gasteiger partial charge is 0.442 e. The Balaban J connectivity index is 1.49. The van der Waals surface area contributed by atoms with E-state index in [-0.39, 0.29) is 30.4 Å². The maximum absolute atomic E-state index is 13.1. The summed E-state index contributed by atoms with van der Waals surface area (Å²) in [6, 6.07) is 9.12. The lowest BCUT2D eigenvalue weighted by Crippen LogP contribution is -2.33. The minimum atomic E-state index is -0.618. The molecular formula is C23H24N2O5S. The Kier molecular flexibility index (Phi) is 6.18. The summed E-state index contributed by atoms with van der Waals surface area (Å²) in [5, 5.41) is 4.59. The zero-order valence-corrected chi connectivity index (χ0v) is 18.1. The number of amides is 2. The van der Waals surface area contributed by atoms with E-state index in [4.69, 9.17) is 4.74 Å². The minimum Gasteiger partial charge on any atom is -0.442 e. The van der Waals surface area contributed by atoms with Gasteiger partial charge in [0.15, 0.2) is 5.78 Å². The van der Waals surface area contributed by atoms with Gasteiger partial charge in [-0.3, -0.25) is 19.3 Å². The van der Waals surface area contributed by atoms with Gasteiger partial charge in [0.05, 0.1) is 19.0 Å². The highest BCUT2D eigenvalue weighted by Crippen LogP contribution is 2.31. The van der Waals surface area contributed by atoms with E-state index < -0.39 is 18.1 Å². The van der Waals surface area contributed by atoms with Crippen LogP contribution in [0.15, 0.2) is 35.7 Å². The Bertz CT molecular complexity index is 1020. The van der Waals surface area contributed by atoms with E-state index in [1.807, 2.05) is 23.6 Å². The number of nitrogens with zero attached hydrogens (tertiary/aromatic N) is 1. The molecule has 1 aromatic heterocycles. The molecule has 2 atom stereocenters. The van der Waals surface area contributed by atoms with E-state index in [1.54, 1.807) is 12.1 Å². The molecule has 0 unspecified atom stereocenters. The maximum Gasteiger partial charge on any atom is 0.414 e. The summed E-state index contributed by atoms with van der Waals surface area (Å²) < 4.78 is 5.33. The topological polar surface area (TPSA) is 92.8 Å². The number of ether oxygens (including phenoxy) is 1. The molecule has 7 nitrogen and oxygen atoms in total. The SMILES string of the molecule is CC(=O)NC[C@H]1CN(c2ccc3c(c2)CCC[C@H](C(=O)Cc2cccs2)C3=O)C(=O)O1. The van der Waals surface area contributed by atoms with Gasteiger partial charge in [-0.05, 0) is 54.5 Å². The molecule has 2 amide bonds. The predicted molar refractivity (Wildman–Crippen MR) is 117 cm³/mol. The third-order valence-electron chi connectivity index (χ3n) is 5.69. The zero-order chi connectivity index (χ0) is 22.0. The number of cyclic esters (lactones) is 1. The highest BCUT2D eigenvalue weighted by molar-refractivity contribution is 7.10. The molecule has 2 aliphatic rings. The number of thiophene rings is 1. The van der Waals surface area contributed by atoms with Crippen molar-refractivity contribution in [2.45, 2.75) is 38.7 Å². The third-order valence-corrected chi connectivity index (χ3v) is 6.57. The van der Waals surface area contributed by atoms with E-state index in [1.165, 1.54) is 23.2 Å². The lowest BCUT2D eigenvalue weighted by atomic mass is 9.89. The molecule has 2 aromatic rings. The number of aryl methyl sites for hydroxylation is 1. The van der Waals surface area contributed by atoms with Crippen LogP contribution in [0.25, 0.3) is 0 Å². The van der Waals surface area contributed by atoms with Crippen molar-refractivity contribution < 1.29 is 23.9 Å². The quantitative estimate of drug-likeness (QED) is 0.550. The Morgan fingerprint density at radius 2 is 2.10 bits per heavy atom. The monoisotopic (exact) mass is 440 g/mol. The standard InChI is InChI=1S/C23H24N2O5S/c1-14(26)24-12-17-13-25(23(29)30-17)16-7-8-19-15(10-16)4-2-6-20(22(19)28)21(27)11-18-5-3-9-31-18/h3,5,7-10,17,20H,2,4,6,11-13H2,1H3,(H,24,26)/t17-,20+/m0/s1. The molecule has 1 aliphatic carbocycles. The molecule has 1 N–H and O–H groups in total. The molecule has 0 radical (unpaired) electrons. The second kappa shape index (κ2) is 9.01. The number of hydrogen-bond donors (Lipinski definition) is 1. The number of ketones is 2. The van der Waals surface area contributed by atoms with Crippen molar-refractivity contribution in [1.82, 2.24) is 5.32 Å². The Hall–Kier alpha value is -3.00. The van der Waals surface area contributed by atoms with Gasteiger partial charge in [0.25, 0.3) is 0 Å². The van der Waals surface area contributed by atoms with Crippen molar-refractivity contribution in [3.05, 3.63) is 51.7 Å². The molecule has 4 rings (SSSR count). The number of nitrogens with one attached hydrogen (secondary N) is 1. The van der Waals surface area contributed by atoms with Crippen LogP contribution < -0.4 is 10.2 Å². The lowest BCUT2D eigenvalue weighted by molar-refractivity contribution is -0.121. The molecule has 8 heteroatoms. The van der Waals surface area contributed by atoms with E-state index in [2.05, 4.69) is 5.32 Å². The van der Waals surface area contributed by atoms with Gasteiger partial charge < -0.3 is 10.1 Å². The first-order valence-electron chi connectivity index (χ1n) is 10.4. The highest BCUT2D eigenvalue weighted by atomic mass is 32.1. The predicted octanol–water partition coefficient (Wildman–Crippen LogP) is 3.16. The van der Waals surface area contributed by atoms with Gasteiger partial charge in [0.2, 0.25) is 5.91 Å². The number of anilines is 1. The van der Waals surface area contributed by atoms with Gasteiger partial charge in [0, 0.05) is 29.5 Å². The second-order valence-electron chi connectivity index (χ2n) is 7.93. The van der Waals surface area contributed by atoms with Crippen molar-refractivity contribution >= 4 is 40.6 Å². The number of hydrogen-bond acceptors (Lipinski definition) is 6. The van der Waals surface area contributed by atoms with Crippen LogP contribution >= 0.6 is 11.3 Å². The summed E-state index contributed by atoms with van der Waals surface area (Å²) in [6.45, 7) is 2.00. The van der Waals surface area contributed by atoms with Crippen molar-refractivity contribution in [1.29, 1.82) is 0 Å². The fourth-order valence-electron chi connectivity index (χ4n) is 4.12. The van der Waals surface area contributed by atoms with Crippen LogP contribution in [0.4, 0.5) is 10.5 Å². The van der Waals surface area contributed by atoms with Crippen LogP contribution in [-0.4, -0.2) is 42.8 Å². The Morgan fingerprint density at radius 3 is 2.84 bits per heavy atom. The Labute approximate surface area is 184 Å². The van der Waals surface area contributed by atoms with E-state index in [0.717, 1.165) is 16.9 Å². The number of rotatable bonds is 6. The summed E-state index contributed by atoms with van der Waals surface area (Å²) >= 11 is 1.52. The summed E-state index contributed by atoms with van der Waals surface area (Å²) in [4.78, 5) is 51.8. The Morgan fingerprint density at radius 1 is 1.26 bits per heavy atom. The third kappa shape index (κ3) is 4.69. The molecule has 0 bridgehead atoms. The van der Waals surface area contributed by atoms with Crippen LogP contribution in [0.3, 0.4) is 0 Å². The van der Waals surface area contributed by atoms with Gasteiger partial charge >= 0.3 is 6.09 Å². The van der Waals surface area contributed by atoms with Gasteiger partial charge in [-0.15, -0.1) is 11.3 Å². The first-order chi connectivity index (χ1) is 14.9. The first-order valence-corrected chi connectivity index (χ1v) is 11.2. The second-order valence-corrected chi connectivity index (χ2v) is 8.96. The number of Topliss-reactive ketones (excluding diaryl/α,β-unsaturated/α-hetero) is 2. The molecule has 1 aliphatic heterocycles. The average Bonchev–Trinajstić information content (AvgIpc) is 3.34. The summed E-state index contributed by atoms with van der Waals surface area (Å²) in [5.74, 6) is -0.962. The molecule has 1 fully saturated rings. The fourth-order valence-corrected chi connectivity index (χ4v) is 4.84. The van der Waals surface area contributed by atoms with E-state index in [0.29, 0.717) is 30.6 Å². The van der Waals surface area contributed by atoms with E-state index >= 15 is 0 Å². The summed E-state index contributed by atoms with van der Waals surface area (Å²) in [5.41, 5.74) is 2.07. The van der Waals surface area contributed by atoms with Crippen LogP contribution in [0.2, 0.25) is 0 Å². The minimum absolute atomic E-state index is 0.0340. The highest BCUT2D eigenvalue weighted by Gasteiger charge is 2.34. The molecule has 1 aromatic carbocycles. The molecule has 2 heterocycles. The molecule has 1 saturated heterocycles. The molecule has 0 saturated carbocycles. The van der Waals surface area contributed by atoms with Crippen molar-refractivity contribution in [2.24, 2.45) is 5.92 Å². The molecule has 0 spiro atoms. The van der Waals surface area contributed by atoms with Crippen LogP contribution in [-0.2, 0) is 27.2 Å². The van der Waals surface area contributed by atoms with Crippen LogP contribution in [0, 0.1) is 5.92 Å². The summed E-state index contributed by atoms with van der Waals surface area (Å²) in [7, 11) is 0. The van der Waals surface area contributed by atoms with Gasteiger partial charge in [-0.25, -0.2) is 4.79 Å². The number of fused-ring (bicyclic) bond motifs is 1. The van der Waals surface area contributed by atoms with Crippen LogP contribution in [0.5, 0.6) is 0 Å². The van der Waals surface area contributed by atoms with Gasteiger partial charge in [0.1, 0.15) is 11.9 Å². The molecular weight excluding hydrogens is 416 g/mol. The molecule has 162 valence electrons. The number of benzene rings is 1. The number of carbonyl (C=O) groups excluding carboxylic acids is 4. The normalized spacial score (nSPS) is 20.7.